The minimum Gasteiger partial charge on any atom is -0.385 e. The molecule has 0 fully saturated rings. The van der Waals surface area contributed by atoms with E-state index in [9.17, 15) is 4.79 Å². The first-order valence-corrected chi connectivity index (χ1v) is 4.17. The van der Waals surface area contributed by atoms with Crippen molar-refractivity contribution in [2.75, 3.05) is 12.4 Å². The van der Waals surface area contributed by atoms with Crippen molar-refractivity contribution >= 4 is 11.6 Å². The summed E-state index contributed by atoms with van der Waals surface area (Å²) in [7, 11) is 1.75. The van der Waals surface area contributed by atoms with Crippen molar-refractivity contribution in [1.29, 1.82) is 0 Å². The molecule has 13 heavy (non-hydrogen) atoms. The van der Waals surface area contributed by atoms with Gasteiger partial charge in [0.25, 0.3) is 5.91 Å². The summed E-state index contributed by atoms with van der Waals surface area (Å²) in [6, 6.07) is 0.125. The van der Waals surface area contributed by atoms with Gasteiger partial charge in [0, 0.05) is 13.1 Å². The van der Waals surface area contributed by atoms with Gasteiger partial charge in [0.05, 0.1) is 11.9 Å². The van der Waals surface area contributed by atoms with Crippen molar-refractivity contribution < 1.29 is 4.79 Å². The Balaban J connectivity index is 2.76. The lowest BCUT2D eigenvalue weighted by atomic mass is 10.3. The Morgan fingerprint density at radius 3 is 2.85 bits per heavy atom. The smallest absolute Gasteiger partial charge is 0.271 e. The molecule has 1 aromatic heterocycles. The highest BCUT2D eigenvalue weighted by Crippen LogP contribution is 2.09. The van der Waals surface area contributed by atoms with Gasteiger partial charge in [-0.15, -0.1) is 0 Å². The molecule has 1 rings (SSSR count). The van der Waals surface area contributed by atoms with Crippen LogP contribution in [-0.4, -0.2) is 29.2 Å². The number of H-pyrrole nitrogens is 1. The van der Waals surface area contributed by atoms with Gasteiger partial charge in [0.1, 0.15) is 5.69 Å². The number of nitrogens with one attached hydrogen (secondary N) is 3. The average Bonchev–Trinajstić information content (AvgIpc) is 2.49. The molecule has 0 saturated heterocycles. The summed E-state index contributed by atoms with van der Waals surface area (Å²) in [6.45, 7) is 3.82. The molecule has 3 N–H and O–H groups in total. The van der Waals surface area contributed by atoms with Gasteiger partial charge in [0.2, 0.25) is 0 Å². The summed E-state index contributed by atoms with van der Waals surface area (Å²) in [5, 5.41) is 12.1. The molecular weight excluding hydrogens is 168 g/mol. The van der Waals surface area contributed by atoms with Gasteiger partial charge in [-0.2, -0.15) is 5.10 Å². The van der Waals surface area contributed by atoms with Gasteiger partial charge >= 0.3 is 0 Å². The molecular formula is C8H14N4O. The maximum absolute atomic E-state index is 11.5. The lowest BCUT2D eigenvalue weighted by Crippen LogP contribution is -2.30. The molecule has 0 spiro atoms. The molecule has 0 aliphatic carbocycles. The van der Waals surface area contributed by atoms with E-state index in [-0.39, 0.29) is 11.9 Å². The fraction of sp³-hybridized carbons (Fsp3) is 0.500. The first-order valence-electron chi connectivity index (χ1n) is 4.17. The second-order valence-corrected chi connectivity index (χ2v) is 3.04. The molecule has 0 aromatic carbocycles. The van der Waals surface area contributed by atoms with Gasteiger partial charge in [-0.05, 0) is 13.8 Å². The van der Waals surface area contributed by atoms with Crippen LogP contribution in [0.25, 0.3) is 0 Å². The van der Waals surface area contributed by atoms with Crippen molar-refractivity contribution in [2.24, 2.45) is 0 Å². The molecule has 5 nitrogen and oxygen atoms in total. The van der Waals surface area contributed by atoms with Crippen LogP contribution in [-0.2, 0) is 0 Å². The Labute approximate surface area is 76.9 Å². The summed E-state index contributed by atoms with van der Waals surface area (Å²) in [5.74, 6) is -0.142. The van der Waals surface area contributed by atoms with Crippen LogP contribution in [0.2, 0.25) is 0 Å². The number of rotatable bonds is 3. The number of carbonyl (C=O) groups excluding carboxylic acids is 1. The van der Waals surface area contributed by atoms with E-state index in [4.69, 9.17) is 0 Å². The SMILES string of the molecule is CNc1cn[nH]c1C(=O)NC(C)C. The van der Waals surface area contributed by atoms with Crippen LogP contribution in [0.3, 0.4) is 0 Å². The Bertz CT molecular complexity index is 292. The standard InChI is InChI=1S/C8H14N4O/c1-5(2)11-8(13)7-6(9-3)4-10-12-7/h4-5,9H,1-3H3,(H,10,12)(H,11,13). The third-order valence-electron chi connectivity index (χ3n) is 1.56. The summed E-state index contributed by atoms with van der Waals surface area (Å²) in [4.78, 5) is 11.5. The van der Waals surface area contributed by atoms with E-state index >= 15 is 0 Å². The van der Waals surface area contributed by atoms with E-state index in [0.717, 1.165) is 0 Å². The maximum atomic E-state index is 11.5. The van der Waals surface area contributed by atoms with E-state index in [2.05, 4.69) is 20.8 Å². The van der Waals surface area contributed by atoms with Crippen molar-refractivity contribution in [3.05, 3.63) is 11.9 Å². The fourth-order valence-electron chi connectivity index (χ4n) is 0.983. The van der Waals surface area contributed by atoms with Crippen molar-refractivity contribution in [2.45, 2.75) is 19.9 Å². The highest BCUT2D eigenvalue weighted by Gasteiger charge is 2.12. The van der Waals surface area contributed by atoms with Crippen LogP contribution in [0.4, 0.5) is 5.69 Å². The van der Waals surface area contributed by atoms with E-state index in [1.54, 1.807) is 13.2 Å². The van der Waals surface area contributed by atoms with Gasteiger partial charge < -0.3 is 10.6 Å². The Kier molecular flexibility index (Phi) is 2.89. The molecule has 0 bridgehead atoms. The molecule has 0 atom stereocenters. The van der Waals surface area contributed by atoms with Crippen LogP contribution >= 0.6 is 0 Å². The highest BCUT2D eigenvalue weighted by atomic mass is 16.2. The molecule has 5 heteroatoms. The fourth-order valence-corrected chi connectivity index (χ4v) is 0.983. The van der Waals surface area contributed by atoms with Crippen LogP contribution < -0.4 is 10.6 Å². The van der Waals surface area contributed by atoms with Crippen LogP contribution in [0.1, 0.15) is 24.3 Å². The predicted octanol–water partition coefficient (Wildman–Crippen LogP) is 0.590. The van der Waals surface area contributed by atoms with Crippen LogP contribution in [0.5, 0.6) is 0 Å². The zero-order valence-electron chi connectivity index (χ0n) is 8.01. The van der Waals surface area contributed by atoms with E-state index in [0.29, 0.717) is 11.4 Å². The normalized spacial score (nSPS) is 10.2. The summed E-state index contributed by atoms with van der Waals surface area (Å²) in [6.07, 6.45) is 1.58. The number of nitrogens with zero attached hydrogens (tertiary/aromatic N) is 1. The molecule has 0 radical (unpaired) electrons. The van der Waals surface area contributed by atoms with Crippen molar-refractivity contribution in [3.63, 3.8) is 0 Å². The average molecular weight is 182 g/mol. The summed E-state index contributed by atoms with van der Waals surface area (Å²) in [5.41, 5.74) is 1.18. The molecule has 0 aliphatic rings. The molecule has 1 heterocycles. The quantitative estimate of drug-likeness (QED) is 0.640. The number of aromatic nitrogens is 2. The van der Waals surface area contributed by atoms with E-state index in [1.807, 2.05) is 13.8 Å². The van der Waals surface area contributed by atoms with E-state index < -0.39 is 0 Å². The largest absolute Gasteiger partial charge is 0.385 e. The van der Waals surface area contributed by atoms with E-state index in [1.165, 1.54) is 0 Å². The second-order valence-electron chi connectivity index (χ2n) is 3.04. The Morgan fingerprint density at radius 2 is 2.31 bits per heavy atom. The lowest BCUT2D eigenvalue weighted by Gasteiger charge is -2.07. The minimum absolute atomic E-state index is 0.125. The van der Waals surface area contributed by atoms with Crippen molar-refractivity contribution in [3.8, 4) is 0 Å². The zero-order valence-corrected chi connectivity index (χ0v) is 8.01. The lowest BCUT2D eigenvalue weighted by molar-refractivity contribution is 0.0939. The second kappa shape index (κ2) is 3.93. The third kappa shape index (κ3) is 2.21. The summed E-state index contributed by atoms with van der Waals surface area (Å²) < 4.78 is 0. The highest BCUT2D eigenvalue weighted by molar-refractivity contribution is 5.97. The molecule has 1 aromatic rings. The minimum atomic E-state index is -0.142. The Hall–Kier alpha value is -1.52. The number of hydrogen-bond donors (Lipinski definition) is 3. The molecule has 72 valence electrons. The van der Waals surface area contributed by atoms with Crippen molar-refractivity contribution in [1.82, 2.24) is 15.5 Å². The maximum Gasteiger partial charge on any atom is 0.271 e. The molecule has 0 unspecified atom stereocenters. The summed E-state index contributed by atoms with van der Waals surface area (Å²) >= 11 is 0. The number of aromatic amines is 1. The molecule has 1 amide bonds. The molecule has 0 saturated carbocycles. The van der Waals surface area contributed by atoms with Gasteiger partial charge in [0.15, 0.2) is 0 Å². The number of amides is 1. The number of hydrogen-bond acceptors (Lipinski definition) is 3. The number of carbonyl (C=O) groups is 1. The topological polar surface area (TPSA) is 69.8 Å². The first kappa shape index (κ1) is 9.57. The van der Waals surface area contributed by atoms with Crippen LogP contribution in [0, 0.1) is 0 Å². The molecule has 0 aliphatic heterocycles. The van der Waals surface area contributed by atoms with Gasteiger partial charge in [-0.1, -0.05) is 0 Å². The number of anilines is 1. The first-order chi connectivity index (χ1) is 6.15. The third-order valence-corrected chi connectivity index (χ3v) is 1.56. The Morgan fingerprint density at radius 1 is 1.62 bits per heavy atom. The van der Waals surface area contributed by atoms with Gasteiger partial charge in [-0.25, -0.2) is 0 Å². The van der Waals surface area contributed by atoms with Gasteiger partial charge in [-0.3, -0.25) is 9.89 Å². The van der Waals surface area contributed by atoms with Crippen LogP contribution in [0.15, 0.2) is 6.20 Å². The predicted molar refractivity (Wildman–Crippen MR) is 50.7 cm³/mol. The monoisotopic (exact) mass is 182 g/mol. The zero-order chi connectivity index (χ0) is 9.84.